The van der Waals surface area contributed by atoms with Crippen molar-refractivity contribution >= 4 is 23.3 Å². The average Bonchev–Trinajstić information content (AvgIpc) is 3.23. The van der Waals surface area contributed by atoms with Crippen molar-refractivity contribution in [3.05, 3.63) is 69.5 Å². The smallest absolute Gasteiger partial charge is 0.414 e. The topological polar surface area (TPSA) is 112 Å². The van der Waals surface area contributed by atoms with Gasteiger partial charge < -0.3 is 14.4 Å². The molecule has 0 N–H and O–H groups in total. The number of rotatable bonds is 6. The minimum Gasteiger partial charge on any atom is -0.444 e. The minimum absolute atomic E-state index is 0.0163. The Morgan fingerprint density at radius 3 is 2.28 bits per heavy atom. The van der Waals surface area contributed by atoms with Gasteiger partial charge in [-0.3, -0.25) is 9.88 Å². The molecule has 188 valence electrons. The Morgan fingerprint density at radius 1 is 1.00 bits per heavy atom. The van der Waals surface area contributed by atoms with Gasteiger partial charge in [0.15, 0.2) is 0 Å². The van der Waals surface area contributed by atoms with Crippen molar-refractivity contribution in [1.82, 2.24) is 18.9 Å². The molecule has 1 aromatic carbocycles. The second kappa shape index (κ2) is 9.44. The van der Waals surface area contributed by atoms with Gasteiger partial charge in [0.25, 0.3) is 0 Å². The lowest BCUT2D eigenvalue weighted by Gasteiger charge is -2.23. The zero-order valence-electron chi connectivity index (χ0n) is 19.7. The summed E-state index contributed by atoms with van der Waals surface area (Å²) in [5.41, 5.74) is 0.193. The van der Waals surface area contributed by atoms with Gasteiger partial charge in [-0.25, -0.2) is 32.7 Å². The van der Waals surface area contributed by atoms with Crippen molar-refractivity contribution in [3.63, 3.8) is 0 Å². The van der Waals surface area contributed by atoms with Crippen LogP contribution < -0.4 is 21.2 Å². The Balaban J connectivity index is 1.32. The summed E-state index contributed by atoms with van der Waals surface area (Å²) in [6, 6.07) is 7.68. The van der Waals surface area contributed by atoms with Crippen molar-refractivity contribution in [2.24, 2.45) is 0 Å². The molecular formula is C24H25FN6O5. The first-order valence-electron chi connectivity index (χ1n) is 11.7. The summed E-state index contributed by atoms with van der Waals surface area (Å²) in [5, 5.41) is 0. The van der Waals surface area contributed by atoms with Gasteiger partial charge in [-0.15, -0.1) is 0 Å². The number of halogens is 1. The van der Waals surface area contributed by atoms with Crippen molar-refractivity contribution in [3.8, 4) is 5.69 Å². The number of benzene rings is 1. The molecule has 0 unspecified atom stereocenters. The van der Waals surface area contributed by atoms with Crippen molar-refractivity contribution in [2.75, 3.05) is 29.4 Å². The molecule has 4 heterocycles. The van der Waals surface area contributed by atoms with Crippen molar-refractivity contribution in [2.45, 2.75) is 39.0 Å². The number of nitrogens with zero attached hydrogens (tertiary/aromatic N) is 6. The molecule has 36 heavy (non-hydrogen) atoms. The molecule has 11 nitrogen and oxygen atoms in total. The van der Waals surface area contributed by atoms with E-state index in [4.69, 9.17) is 4.74 Å². The number of carbonyl (C=O) groups excluding carboxylic acids is 2. The lowest BCUT2D eigenvalue weighted by Crippen LogP contribution is -2.33. The highest BCUT2D eigenvalue weighted by atomic mass is 19.1. The van der Waals surface area contributed by atoms with E-state index < -0.39 is 29.4 Å². The van der Waals surface area contributed by atoms with E-state index in [1.165, 1.54) is 39.6 Å². The molecule has 3 aromatic rings. The number of amides is 1. The van der Waals surface area contributed by atoms with Gasteiger partial charge >= 0.3 is 17.5 Å². The van der Waals surface area contributed by atoms with Gasteiger partial charge in [-0.1, -0.05) is 0 Å². The van der Waals surface area contributed by atoms with Gasteiger partial charge in [0.05, 0.1) is 36.7 Å². The van der Waals surface area contributed by atoms with Gasteiger partial charge in [-0.05, 0) is 43.7 Å². The van der Waals surface area contributed by atoms with Crippen molar-refractivity contribution in [1.29, 1.82) is 0 Å². The molecule has 0 bridgehead atoms. The number of carbonyl (C=O) groups is 2. The molecule has 1 amide bonds. The average molecular weight is 496 g/mol. The second-order valence-corrected chi connectivity index (χ2v) is 8.83. The number of hydrogen-bond acceptors (Lipinski definition) is 7. The molecule has 0 radical (unpaired) electrons. The van der Waals surface area contributed by atoms with E-state index in [0.717, 1.165) is 4.57 Å². The molecule has 2 aromatic heterocycles. The first-order chi connectivity index (χ1) is 17.3. The van der Waals surface area contributed by atoms with Crippen LogP contribution in [0.2, 0.25) is 0 Å². The molecule has 2 aliphatic heterocycles. The van der Waals surface area contributed by atoms with Crippen LogP contribution in [0.15, 0.2) is 52.3 Å². The molecule has 2 aliphatic rings. The second-order valence-electron chi connectivity index (χ2n) is 8.83. The lowest BCUT2D eigenvalue weighted by molar-refractivity contribution is -0.117. The first kappa shape index (κ1) is 23.5. The lowest BCUT2D eigenvalue weighted by atomic mass is 10.1. The molecule has 5 rings (SSSR count). The highest BCUT2D eigenvalue weighted by Crippen LogP contribution is 2.29. The van der Waals surface area contributed by atoms with E-state index in [1.807, 2.05) is 0 Å². The Hall–Kier alpha value is -4.22. The summed E-state index contributed by atoms with van der Waals surface area (Å²) in [7, 11) is 0. The van der Waals surface area contributed by atoms with Gasteiger partial charge in [-0.2, -0.15) is 0 Å². The Kier molecular flexibility index (Phi) is 6.17. The quantitative estimate of drug-likeness (QED) is 0.509. The van der Waals surface area contributed by atoms with Crippen LogP contribution in [0.25, 0.3) is 5.69 Å². The number of cyclic esters (lactones) is 1. The Bertz CT molecular complexity index is 1390. The molecular weight excluding hydrogens is 471 g/mol. The maximum absolute atomic E-state index is 15.2. The number of Topliss-reactive ketones (excluding diaryl/α,β-unsaturated/α-hetero) is 1. The summed E-state index contributed by atoms with van der Waals surface area (Å²) in [6.07, 6.45) is 2.77. The van der Waals surface area contributed by atoms with Gasteiger partial charge in [0.2, 0.25) is 0 Å². The number of anilines is 2. The number of ether oxygens (including phenoxy) is 1. The van der Waals surface area contributed by atoms with E-state index in [9.17, 15) is 19.2 Å². The van der Waals surface area contributed by atoms with Gasteiger partial charge in [0, 0.05) is 31.9 Å². The SMILES string of the molecule is CC(=O)CC[C@H]1CN(c2ccc(N3CCn4c(=O)n(-c5ccncc5)c(=O)n4CC3)c(F)c2)C(=O)O1. The molecule has 0 aliphatic carbocycles. The summed E-state index contributed by atoms with van der Waals surface area (Å²) in [4.78, 5) is 56.4. The van der Waals surface area contributed by atoms with Crippen LogP contribution in [0.1, 0.15) is 19.8 Å². The maximum Gasteiger partial charge on any atom is 0.414 e. The monoisotopic (exact) mass is 496 g/mol. The third-order valence-corrected chi connectivity index (χ3v) is 6.48. The molecule has 12 heteroatoms. The van der Waals surface area contributed by atoms with E-state index in [-0.39, 0.29) is 25.4 Å². The van der Waals surface area contributed by atoms with Crippen LogP contribution >= 0.6 is 0 Å². The molecule has 0 saturated carbocycles. The first-order valence-corrected chi connectivity index (χ1v) is 11.7. The number of fused-ring (bicyclic) bond motifs is 1. The highest BCUT2D eigenvalue weighted by Gasteiger charge is 2.33. The van der Waals surface area contributed by atoms with Crippen LogP contribution in [0.3, 0.4) is 0 Å². The van der Waals surface area contributed by atoms with Crippen LogP contribution in [-0.2, 0) is 22.6 Å². The minimum atomic E-state index is -0.574. The normalized spacial score (nSPS) is 17.6. The zero-order valence-corrected chi connectivity index (χ0v) is 19.7. The fourth-order valence-electron chi connectivity index (χ4n) is 4.62. The summed E-state index contributed by atoms with van der Waals surface area (Å²) >= 11 is 0. The van der Waals surface area contributed by atoms with E-state index in [0.29, 0.717) is 43.0 Å². The highest BCUT2D eigenvalue weighted by molar-refractivity contribution is 5.90. The summed E-state index contributed by atoms with van der Waals surface area (Å²) in [6.45, 7) is 2.75. The standard InChI is InChI=1S/C24H25FN6O5/c1-16(32)2-4-19-15-28(24(35)36-19)18-3-5-21(20(25)14-18)27-10-12-29-22(33)31(17-6-8-26-9-7-17)23(34)30(29)13-11-27/h3,5-9,14,19H,2,4,10-13,15H2,1H3/t19-/m0/s1. The van der Waals surface area contributed by atoms with Crippen LogP contribution in [-0.4, -0.2) is 56.5 Å². The molecule has 1 fully saturated rings. The number of pyridine rings is 1. The Morgan fingerprint density at radius 2 is 1.67 bits per heavy atom. The van der Waals surface area contributed by atoms with Crippen molar-refractivity contribution < 1.29 is 18.7 Å². The fraction of sp³-hybridized carbons (Fsp3) is 0.375. The third-order valence-electron chi connectivity index (χ3n) is 6.48. The number of aromatic nitrogens is 4. The fourth-order valence-corrected chi connectivity index (χ4v) is 4.62. The van der Waals surface area contributed by atoms with E-state index in [1.54, 1.807) is 29.2 Å². The van der Waals surface area contributed by atoms with Crippen LogP contribution in [0, 0.1) is 5.82 Å². The largest absolute Gasteiger partial charge is 0.444 e. The molecule has 0 spiro atoms. The summed E-state index contributed by atoms with van der Waals surface area (Å²) in [5.74, 6) is -0.511. The van der Waals surface area contributed by atoms with E-state index >= 15 is 4.39 Å². The maximum atomic E-state index is 15.2. The summed E-state index contributed by atoms with van der Waals surface area (Å²) < 4.78 is 24.3. The van der Waals surface area contributed by atoms with Crippen LogP contribution in [0.4, 0.5) is 20.6 Å². The zero-order chi connectivity index (χ0) is 25.4. The third kappa shape index (κ3) is 4.30. The van der Waals surface area contributed by atoms with Crippen LogP contribution in [0.5, 0.6) is 0 Å². The van der Waals surface area contributed by atoms with Gasteiger partial charge in [0.1, 0.15) is 17.7 Å². The molecule has 1 atom stereocenters. The predicted octanol–water partition coefficient (Wildman–Crippen LogP) is 1.55. The van der Waals surface area contributed by atoms with E-state index in [2.05, 4.69) is 4.98 Å². The number of ketones is 1. The number of hydrogen-bond donors (Lipinski definition) is 0. The Labute approximate surface area is 204 Å². The predicted molar refractivity (Wildman–Crippen MR) is 128 cm³/mol. The molecule has 1 saturated heterocycles.